The third-order valence-electron chi connectivity index (χ3n) is 4.34. The van der Waals surface area contributed by atoms with Crippen molar-refractivity contribution in [1.29, 1.82) is 0 Å². The molecule has 0 bridgehead atoms. The fourth-order valence-electron chi connectivity index (χ4n) is 2.93. The Morgan fingerprint density at radius 3 is 2.62 bits per heavy atom. The molecule has 1 aromatic carbocycles. The molecule has 8 heteroatoms. The van der Waals surface area contributed by atoms with E-state index < -0.39 is 11.6 Å². The standard InChI is InChI=1S/C16H20N4O4/c1-24-12(7-11-5-3-2-4-6-11)8-17-15(23)20-9-16(10-20)13(21)18-14(22)19-16/h2-6,12H,7-10H2,1H3,(H,17,23)(H2,18,19,21,22). The van der Waals surface area contributed by atoms with Gasteiger partial charge in [0.1, 0.15) is 0 Å². The number of nitrogens with zero attached hydrogens (tertiary/aromatic N) is 1. The number of likely N-dealkylation sites (tertiary alicyclic amines) is 1. The van der Waals surface area contributed by atoms with Gasteiger partial charge in [-0.25, -0.2) is 9.59 Å². The van der Waals surface area contributed by atoms with Crippen LogP contribution in [0, 0.1) is 0 Å². The first-order chi connectivity index (χ1) is 11.5. The summed E-state index contributed by atoms with van der Waals surface area (Å²) < 4.78 is 5.41. The van der Waals surface area contributed by atoms with Crippen molar-refractivity contribution in [3.8, 4) is 0 Å². The molecule has 0 radical (unpaired) electrons. The number of amides is 5. The summed E-state index contributed by atoms with van der Waals surface area (Å²) in [5.74, 6) is -0.379. The van der Waals surface area contributed by atoms with E-state index in [-0.39, 0.29) is 31.1 Å². The number of benzene rings is 1. The van der Waals surface area contributed by atoms with Crippen LogP contribution in [0.2, 0.25) is 0 Å². The second kappa shape index (κ2) is 6.48. The lowest BCUT2D eigenvalue weighted by atomic mass is 9.90. The predicted octanol–water partition coefficient (Wildman–Crippen LogP) is -0.152. The maximum absolute atomic E-state index is 12.1. The molecular formula is C16H20N4O4. The number of carbonyl (C=O) groups is 3. The van der Waals surface area contributed by atoms with Crippen LogP contribution in [0.25, 0.3) is 0 Å². The van der Waals surface area contributed by atoms with E-state index in [0.29, 0.717) is 13.0 Å². The molecule has 3 N–H and O–H groups in total. The molecule has 2 aliphatic heterocycles. The van der Waals surface area contributed by atoms with E-state index in [4.69, 9.17) is 4.74 Å². The van der Waals surface area contributed by atoms with E-state index in [0.717, 1.165) is 5.56 Å². The highest BCUT2D eigenvalue weighted by atomic mass is 16.5. The van der Waals surface area contributed by atoms with Crippen molar-refractivity contribution < 1.29 is 19.1 Å². The molecule has 2 heterocycles. The molecule has 2 saturated heterocycles. The van der Waals surface area contributed by atoms with Crippen molar-refractivity contribution in [2.24, 2.45) is 0 Å². The third-order valence-corrected chi connectivity index (χ3v) is 4.34. The number of methoxy groups -OCH3 is 1. The summed E-state index contributed by atoms with van der Waals surface area (Å²) in [5, 5.41) is 7.56. The fraction of sp³-hybridized carbons (Fsp3) is 0.438. The second-order valence-corrected chi connectivity index (χ2v) is 6.08. The van der Waals surface area contributed by atoms with E-state index in [1.54, 1.807) is 7.11 Å². The van der Waals surface area contributed by atoms with Crippen LogP contribution < -0.4 is 16.0 Å². The van der Waals surface area contributed by atoms with Crippen LogP contribution in [0.15, 0.2) is 30.3 Å². The molecule has 3 rings (SSSR count). The van der Waals surface area contributed by atoms with Crippen LogP contribution in [-0.2, 0) is 16.0 Å². The summed E-state index contributed by atoms with van der Waals surface area (Å²) in [5.41, 5.74) is 0.172. The molecule has 1 unspecified atom stereocenters. The summed E-state index contributed by atoms with van der Waals surface area (Å²) in [6, 6.07) is 9.10. The van der Waals surface area contributed by atoms with E-state index in [1.165, 1.54) is 4.90 Å². The monoisotopic (exact) mass is 332 g/mol. The molecular weight excluding hydrogens is 312 g/mol. The number of rotatable bonds is 5. The Bertz CT molecular complexity index is 643. The van der Waals surface area contributed by atoms with Gasteiger partial charge in [0.2, 0.25) is 0 Å². The summed E-state index contributed by atoms with van der Waals surface area (Å²) in [4.78, 5) is 36.5. The third kappa shape index (κ3) is 3.18. The molecule has 8 nitrogen and oxygen atoms in total. The molecule has 2 fully saturated rings. The van der Waals surface area contributed by atoms with Gasteiger partial charge in [0.25, 0.3) is 5.91 Å². The SMILES string of the molecule is COC(CNC(=O)N1CC2(C1)NC(=O)NC2=O)Cc1ccccc1. The lowest BCUT2D eigenvalue weighted by Gasteiger charge is -2.45. The molecule has 1 atom stereocenters. The maximum atomic E-state index is 12.1. The van der Waals surface area contributed by atoms with Crippen LogP contribution in [0.3, 0.4) is 0 Å². The van der Waals surface area contributed by atoms with E-state index in [1.807, 2.05) is 30.3 Å². The lowest BCUT2D eigenvalue weighted by molar-refractivity contribution is -0.128. The summed E-state index contributed by atoms with van der Waals surface area (Å²) in [7, 11) is 1.61. The van der Waals surface area contributed by atoms with Gasteiger partial charge in [-0.05, 0) is 5.56 Å². The van der Waals surface area contributed by atoms with Crippen molar-refractivity contribution in [3.63, 3.8) is 0 Å². The molecule has 0 aromatic heterocycles. The Morgan fingerprint density at radius 2 is 2.04 bits per heavy atom. The van der Waals surface area contributed by atoms with Gasteiger partial charge >= 0.3 is 12.1 Å². The number of ether oxygens (including phenoxy) is 1. The van der Waals surface area contributed by atoms with Gasteiger partial charge in [0.05, 0.1) is 19.2 Å². The Balaban J connectivity index is 1.46. The first-order valence-electron chi connectivity index (χ1n) is 7.75. The number of hydrogen-bond acceptors (Lipinski definition) is 4. The topological polar surface area (TPSA) is 99.8 Å². The zero-order chi connectivity index (χ0) is 17.2. The summed E-state index contributed by atoms with van der Waals surface area (Å²) in [6.45, 7) is 0.714. The number of carbonyl (C=O) groups excluding carboxylic acids is 3. The first kappa shape index (κ1) is 16.3. The Kier molecular flexibility index (Phi) is 4.39. The number of imide groups is 1. The zero-order valence-electron chi connectivity index (χ0n) is 13.4. The van der Waals surface area contributed by atoms with E-state index in [9.17, 15) is 14.4 Å². The molecule has 24 heavy (non-hydrogen) atoms. The largest absolute Gasteiger partial charge is 0.379 e. The summed E-state index contributed by atoms with van der Waals surface area (Å²) >= 11 is 0. The summed E-state index contributed by atoms with van der Waals surface area (Å²) in [6.07, 6.45) is 0.557. The predicted molar refractivity (Wildman–Crippen MR) is 85.3 cm³/mol. The van der Waals surface area contributed by atoms with Crippen molar-refractivity contribution in [3.05, 3.63) is 35.9 Å². The average molecular weight is 332 g/mol. The molecule has 2 aliphatic rings. The fourth-order valence-corrected chi connectivity index (χ4v) is 2.93. The lowest BCUT2D eigenvalue weighted by Crippen LogP contribution is -2.73. The molecule has 128 valence electrons. The van der Waals surface area contributed by atoms with Gasteiger partial charge in [0.15, 0.2) is 5.54 Å². The Morgan fingerprint density at radius 1 is 1.33 bits per heavy atom. The highest BCUT2D eigenvalue weighted by Crippen LogP contribution is 2.24. The van der Waals surface area contributed by atoms with E-state index >= 15 is 0 Å². The van der Waals surface area contributed by atoms with Crippen molar-refractivity contribution >= 4 is 18.0 Å². The van der Waals surface area contributed by atoms with Crippen LogP contribution in [0.4, 0.5) is 9.59 Å². The minimum atomic E-state index is -0.959. The number of hydrogen-bond donors (Lipinski definition) is 3. The molecule has 5 amide bonds. The van der Waals surface area contributed by atoms with Crippen LogP contribution in [-0.4, -0.2) is 61.3 Å². The zero-order valence-corrected chi connectivity index (χ0v) is 13.4. The van der Waals surface area contributed by atoms with Gasteiger partial charge in [0, 0.05) is 20.1 Å². The first-order valence-corrected chi connectivity index (χ1v) is 7.75. The van der Waals surface area contributed by atoms with Crippen molar-refractivity contribution in [2.75, 3.05) is 26.7 Å². The van der Waals surface area contributed by atoms with Gasteiger partial charge in [-0.3, -0.25) is 10.1 Å². The second-order valence-electron chi connectivity index (χ2n) is 6.08. The quantitative estimate of drug-likeness (QED) is 0.653. The van der Waals surface area contributed by atoms with Crippen LogP contribution in [0.1, 0.15) is 5.56 Å². The Hall–Kier alpha value is -2.61. The number of nitrogens with one attached hydrogen (secondary N) is 3. The normalized spacial score (nSPS) is 19.5. The van der Waals surface area contributed by atoms with E-state index in [2.05, 4.69) is 16.0 Å². The Labute approximate surface area is 139 Å². The van der Waals surface area contributed by atoms with Crippen LogP contribution in [0.5, 0.6) is 0 Å². The molecule has 1 aromatic rings. The highest BCUT2D eigenvalue weighted by molar-refractivity contribution is 6.08. The van der Waals surface area contributed by atoms with Gasteiger partial charge in [-0.2, -0.15) is 0 Å². The molecule has 1 spiro atoms. The van der Waals surface area contributed by atoms with Gasteiger partial charge in [-0.1, -0.05) is 30.3 Å². The van der Waals surface area contributed by atoms with Crippen molar-refractivity contribution in [1.82, 2.24) is 20.9 Å². The number of urea groups is 2. The highest BCUT2D eigenvalue weighted by Gasteiger charge is 2.56. The van der Waals surface area contributed by atoms with Crippen molar-refractivity contribution in [2.45, 2.75) is 18.1 Å². The van der Waals surface area contributed by atoms with Gasteiger partial charge < -0.3 is 20.3 Å². The van der Waals surface area contributed by atoms with Crippen LogP contribution >= 0.6 is 0 Å². The minimum Gasteiger partial charge on any atom is -0.379 e. The average Bonchev–Trinajstić information content (AvgIpc) is 2.85. The van der Waals surface area contributed by atoms with Gasteiger partial charge in [-0.15, -0.1) is 0 Å². The molecule has 0 aliphatic carbocycles. The maximum Gasteiger partial charge on any atom is 0.322 e. The minimum absolute atomic E-state index is 0.138. The molecule has 0 saturated carbocycles. The smallest absolute Gasteiger partial charge is 0.322 e.